The summed E-state index contributed by atoms with van der Waals surface area (Å²) >= 11 is 0. The summed E-state index contributed by atoms with van der Waals surface area (Å²) in [5.41, 5.74) is 0. The van der Waals surface area contributed by atoms with E-state index in [0.29, 0.717) is 6.42 Å². The Morgan fingerprint density at radius 1 is 1.71 bits per heavy atom. The summed E-state index contributed by atoms with van der Waals surface area (Å²) in [5, 5.41) is 7.91. The first kappa shape index (κ1) is 10.0. The Kier molecular flexibility index (Phi) is 8.54. The highest BCUT2D eigenvalue weighted by molar-refractivity contribution is 8.93. The molecular formula is C4H9BrO2. The van der Waals surface area contributed by atoms with Gasteiger partial charge in [0.2, 0.25) is 0 Å². The van der Waals surface area contributed by atoms with Crippen LogP contribution in [0, 0.1) is 0 Å². The van der Waals surface area contributed by atoms with Crippen molar-refractivity contribution >= 4 is 23.0 Å². The van der Waals surface area contributed by atoms with Gasteiger partial charge < -0.3 is 5.11 Å². The molecule has 0 unspecified atom stereocenters. The second-order valence-electron chi connectivity index (χ2n) is 1.14. The number of carboxylic acids is 1. The minimum absolute atomic E-state index is 0. The number of aliphatic carboxylic acids is 1. The van der Waals surface area contributed by atoms with Gasteiger partial charge in [-0.1, -0.05) is 6.92 Å². The maximum absolute atomic E-state index is 9.60. The Morgan fingerprint density at radius 3 is 2.14 bits per heavy atom. The maximum Gasteiger partial charge on any atom is 0.303 e. The number of hydrogen-bond acceptors (Lipinski definition) is 1. The van der Waals surface area contributed by atoms with E-state index in [0.717, 1.165) is 6.42 Å². The molecule has 0 aliphatic rings. The highest BCUT2D eigenvalue weighted by Crippen LogP contribution is 1.82. The van der Waals surface area contributed by atoms with E-state index in [9.17, 15) is 4.79 Å². The van der Waals surface area contributed by atoms with Crippen LogP contribution in [0.25, 0.3) is 0 Å². The van der Waals surface area contributed by atoms with Gasteiger partial charge in [-0.25, -0.2) is 0 Å². The number of carbonyl (C=O) groups is 1. The first-order valence-electron chi connectivity index (χ1n) is 1.99. The van der Waals surface area contributed by atoms with E-state index in [-0.39, 0.29) is 17.0 Å². The SMILES string of the molecule is Br.CCCC(=O)O. The average Bonchev–Trinajstić information content (AvgIpc) is 1.35. The molecule has 0 aromatic rings. The molecule has 7 heavy (non-hydrogen) atoms. The molecule has 0 heterocycles. The molecule has 3 heteroatoms. The predicted octanol–water partition coefficient (Wildman–Crippen LogP) is 1.45. The van der Waals surface area contributed by atoms with Gasteiger partial charge in [0.05, 0.1) is 0 Å². The lowest BCUT2D eigenvalue weighted by Gasteiger charge is -1.79. The Balaban J connectivity index is 0. The monoisotopic (exact) mass is 168 g/mol. The third-order valence-corrected chi connectivity index (χ3v) is 0.464. The molecule has 2 nitrogen and oxygen atoms in total. The van der Waals surface area contributed by atoms with Crippen LogP contribution in [0.5, 0.6) is 0 Å². The van der Waals surface area contributed by atoms with Crippen LogP contribution in [-0.2, 0) is 4.79 Å². The quantitative estimate of drug-likeness (QED) is 0.679. The van der Waals surface area contributed by atoms with Crippen molar-refractivity contribution in [2.75, 3.05) is 0 Å². The van der Waals surface area contributed by atoms with Gasteiger partial charge in [0.1, 0.15) is 0 Å². The molecule has 0 radical (unpaired) electrons. The van der Waals surface area contributed by atoms with E-state index < -0.39 is 5.97 Å². The van der Waals surface area contributed by atoms with E-state index in [1.54, 1.807) is 0 Å². The number of halogens is 1. The van der Waals surface area contributed by atoms with E-state index >= 15 is 0 Å². The third kappa shape index (κ3) is 10.7. The summed E-state index contributed by atoms with van der Waals surface area (Å²) in [6.07, 6.45) is 1.02. The number of hydrogen-bond donors (Lipinski definition) is 1. The van der Waals surface area contributed by atoms with Gasteiger partial charge >= 0.3 is 5.97 Å². The lowest BCUT2D eigenvalue weighted by Crippen LogP contribution is -1.90. The standard InChI is InChI=1S/C4H8O2.BrH/c1-2-3-4(5)6;/h2-3H2,1H3,(H,5,6);1H. The van der Waals surface area contributed by atoms with Crippen LogP contribution >= 0.6 is 17.0 Å². The fraction of sp³-hybridized carbons (Fsp3) is 0.750. The molecule has 44 valence electrons. The number of rotatable bonds is 2. The van der Waals surface area contributed by atoms with E-state index in [1.165, 1.54) is 0 Å². The Bertz CT molecular complexity index is 53.7. The molecule has 0 saturated carbocycles. The van der Waals surface area contributed by atoms with Gasteiger partial charge in [0, 0.05) is 6.42 Å². The fourth-order valence-electron chi connectivity index (χ4n) is 0.214. The van der Waals surface area contributed by atoms with Crippen LogP contribution in [0.15, 0.2) is 0 Å². The minimum Gasteiger partial charge on any atom is -0.481 e. The van der Waals surface area contributed by atoms with Crippen LogP contribution in [0.2, 0.25) is 0 Å². The Hall–Kier alpha value is -0.0500. The van der Waals surface area contributed by atoms with Crippen molar-refractivity contribution in [3.8, 4) is 0 Å². The first-order chi connectivity index (χ1) is 2.77. The Morgan fingerprint density at radius 2 is 2.14 bits per heavy atom. The predicted molar refractivity (Wildman–Crippen MR) is 32.9 cm³/mol. The van der Waals surface area contributed by atoms with Crippen molar-refractivity contribution in [1.29, 1.82) is 0 Å². The fourth-order valence-corrected chi connectivity index (χ4v) is 0.214. The van der Waals surface area contributed by atoms with Crippen LogP contribution in [-0.4, -0.2) is 11.1 Å². The molecule has 0 amide bonds. The van der Waals surface area contributed by atoms with Crippen LogP contribution < -0.4 is 0 Å². The average molecular weight is 169 g/mol. The first-order valence-corrected chi connectivity index (χ1v) is 1.99. The molecule has 0 aromatic heterocycles. The number of carboxylic acid groups (broad SMARTS) is 1. The van der Waals surface area contributed by atoms with Crippen molar-refractivity contribution in [2.45, 2.75) is 19.8 Å². The van der Waals surface area contributed by atoms with Gasteiger partial charge in [-0.15, -0.1) is 17.0 Å². The summed E-state index contributed by atoms with van der Waals surface area (Å²) < 4.78 is 0. The van der Waals surface area contributed by atoms with Crippen molar-refractivity contribution in [3.63, 3.8) is 0 Å². The molecule has 0 aliphatic heterocycles. The lowest BCUT2D eigenvalue weighted by molar-refractivity contribution is -0.137. The maximum atomic E-state index is 9.60. The van der Waals surface area contributed by atoms with E-state index in [1.807, 2.05) is 6.92 Å². The van der Waals surface area contributed by atoms with Gasteiger partial charge in [0.15, 0.2) is 0 Å². The van der Waals surface area contributed by atoms with Gasteiger partial charge in [-0.2, -0.15) is 0 Å². The molecule has 0 spiro atoms. The largest absolute Gasteiger partial charge is 0.481 e. The van der Waals surface area contributed by atoms with E-state index in [4.69, 9.17) is 5.11 Å². The molecule has 0 rings (SSSR count). The molecule has 0 saturated heterocycles. The summed E-state index contributed by atoms with van der Waals surface area (Å²) in [5.74, 6) is -0.711. The minimum atomic E-state index is -0.711. The van der Waals surface area contributed by atoms with E-state index in [2.05, 4.69) is 0 Å². The zero-order chi connectivity index (χ0) is 4.99. The summed E-state index contributed by atoms with van der Waals surface area (Å²) in [7, 11) is 0. The molecule has 0 bridgehead atoms. The van der Waals surface area contributed by atoms with Gasteiger partial charge in [0.25, 0.3) is 0 Å². The molecular weight excluding hydrogens is 160 g/mol. The second-order valence-corrected chi connectivity index (χ2v) is 1.14. The molecule has 1 N–H and O–H groups in total. The normalized spacial score (nSPS) is 7.00. The van der Waals surface area contributed by atoms with Gasteiger partial charge in [-0.05, 0) is 6.42 Å². The van der Waals surface area contributed by atoms with Gasteiger partial charge in [-0.3, -0.25) is 4.79 Å². The second kappa shape index (κ2) is 5.95. The zero-order valence-corrected chi connectivity index (χ0v) is 5.89. The molecule has 0 atom stereocenters. The van der Waals surface area contributed by atoms with Crippen LogP contribution in [0.4, 0.5) is 0 Å². The van der Waals surface area contributed by atoms with Crippen molar-refractivity contribution < 1.29 is 9.90 Å². The smallest absolute Gasteiger partial charge is 0.303 e. The van der Waals surface area contributed by atoms with Crippen LogP contribution in [0.3, 0.4) is 0 Å². The Labute approximate surface area is 53.3 Å². The topological polar surface area (TPSA) is 37.3 Å². The summed E-state index contributed by atoms with van der Waals surface area (Å²) in [6.45, 7) is 1.84. The summed E-state index contributed by atoms with van der Waals surface area (Å²) in [4.78, 5) is 9.60. The third-order valence-electron chi connectivity index (χ3n) is 0.464. The lowest BCUT2D eigenvalue weighted by atomic mass is 10.4. The highest BCUT2D eigenvalue weighted by Gasteiger charge is 1.87. The summed E-state index contributed by atoms with van der Waals surface area (Å²) in [6, 6.07) is 0. The highest BCUT2D eigenvalue weighted by atomic mass is 79.9. The zero-order valence-electron chi connectivity index (χ0n) is 4.18. The molecule has 0 aromatic carbocycles. The molecule has 0 aliphatic carbocycles. The molecule has 0 fully saturated rings. The van der Waals surface area contributed by atoms with Crippen molar-refractivity contribution in [1.82, 2.24) is 0 Å². The van der Waals surface area contributed by atoms with Crippen molar-refractivity contribution in [2.24, 2.45) is 0 Å². The van der Waals surface area contributed by atoms with Crippen LogP contribution in [0.1, 0.15) is 19.8 Å². The van der Waals surface area contributed by atoms with Crippen molar-refractivity contribution in [3.05, 3.63) is 0 Å².